The summed E-state index contributed by atoms with van der Waals surface area (Å²) in [4.78, 5) is 29.1. The van der Waals surface area contributed by atoms with E-state index in [2.05, 4.69) is 0 Å². The molecular weight excluding hydrogens is 446 g/mol. The van der Waals surface area contributed by atoms with Crippen LogP contribution in [0.4, 0.5) is 14.5 Å². The van der Waals surface area contributed by atoms with E-state index in [0.29, 0.717) is 34.9 Å². The number of fused-ring (bicyclic) bond motifs is 2. The Morgan fingerprint density at radius 3 is 2.67 bits per heavy atom. The van der Waals surface area contributed by atoms with Crippen molar-refractivity contribution in [2.45, 2.75) is 11.4 Å². The van der Waals surface area contributed by atoms with Crippen molar-refractivity contribution in [1.82, 2.24) is 4.90 Å². The molecule has 0 bridgehead atoms. The lowest BCUT2D eigenvalue weighted by molar-refractivity contribution is -0.123. The number of ether oxygens (including phenoxy) is 1. The molecule has 1 atom stereocenters. The number of halogens is 2. The van der Waals surface area contributed by atoms with Gasteiger partial charge in [0, 0.05) is 29.0 Å². The number of carbonyl (C=O) groups is 2. The van der Waals surface area contributed by atoms with Gasteiger partial charge in [0.1, 0.15) is 17.4 Å². The van der Waals surface area contributed by atoms with Gasteiger partial charge in [0.25, 0.3) is 11.8 Å². The van der Waals surface area contributed by atoms with Gasteiger partial charge in [-0.05, 0) is 42.5 Å². The maximum absolute atomic E-state index is 14.4. The van der Waals surface area contributed by atoms with Crippen LogP contribution in [-0.2, 0) is 16.2 Å². The van der Waals surface area contributed by atoms with Gasteiger partial charge >= 0.3 is 0 Å². The smallest absolute Gasteiger partial charge is 0.268 e. The number of amides is 2. The summed E-state index contributed by atoms with van der Waals surface area (Å²) in [5.74, 6) is -0.637. The zero-order valence-electron chi connectivity index (χ0n) is 17.8. The molecule has 33 heavy (non-hydrogen) atoms. The monoisotopic (exact) mass is 466 g/mol. The molecule has 2 aliphatic rings. The highest BCUT2D eigenvalue weighted by Crippen LogP contribution is 2.55. The van der Waals surface area contributed by atoms with Gasteiger partial charge in [-0.25, -0.2) is 8.78 Å². The molecule has 2 aliphatic heterocycles. The summed E-state index contributed by atoms with van der Waals surface area (Å²) in [5, 5.41) is 0. The highest BCUT2D eigenvalue weighted by Gasteiger charge is 2.59. The molecule has 2 heterocycles. The summed E-state index contributed by atoms with van der Waals surface area (Å²) in [5.41, 5.74) is 1.74. The number of hydrogen-bond acceptors (Lipinski definition) is 4. The van der Waals surface area contributed by atoms with Crippen LogP contribution in [0.3, 0.4) is 0 Å². The van der Waals surface area contributed by atoms with Crippen molar-refractivity contribution in [3.05, 3.63) is 95.1 Å². The Labute approximate surface area is 193 Å². The minimum absolute atomic E-state index is 0.0230. The molecule has 3 aromatic rings. The highest BCUT2D eigenvalue weighted by molar-refractivity contribution is 8.01. The van der Waals surface area contributed by atoms with Crippen LogP contribution in [-0.4, -0.2) is 36.1 Å². The summed E-state index contributed by atoms with van der Waals surface area (Å²) in [6.07, 6.45) is 0. The largest absolute Gasteiger partial charge is 0.497 e. The van der Waals surface area contributed by atoms with Crippen LogP contribution in [0.25, 0.3) is 0 Å². The van der Waals surface area contributed by atoms with Crippen LogP contribution in [0.2, 0.25) is 0 Å². The van der Waals surface area contributed by atoms with Crippen LogP contribution < -0.4 is 9.64 Å². The molecule has 0 radical (unpaired) electrons. The SMILES string of the molecule is COc1ccc2c(c1)C1(SCCN1C(=O)c1cccc(F)c1)C(=O)N2Cc1ccccc1F. The number of rotatable bonds is 4. The Kier molecular flexibility index (Phi) is 5.32. The highest BCUT2D eigenvalue weighted by atomic mass is 32.2. The third-order valence-electron chi connectivity index (χ3n) is 6.00. The molecule has 8 heteroatoms. The predicted octanol–water partition coefficient (Wildman–Crippen LogP) is 4.56. The summed E-state index contributed by atoms with van der Waals surface area (Å²) < 4.78 is 33.7. The molecule has 1 fully saturated rings. The molecule has 0 saturated carbocycles. The van der Waals surface area contributed by atoms with Crippen molar-refractivity contribution in [2.24, 2.45) is 0 Å². The predicted molar refractivity (Wildman–Crippen MR) is 122 cm³/mol. The average Bonchev–Trinajstić information content (AvgIpc) is 3.36. The fourth-order valence-electron chi connectivity index (χ4n) is 4.45. The fraction of sp³-hybridized carbons (Fsp3) is 0.200. The molecule has 2 amide bonds. The summed E-state index contributed by atoms with van der Waals surface area (Å²) in [7, 11) is 1.53. The van der Waals surface area contributed by atoms with E-state index in [9.17, 15) is 18.4 Å². The molecule has 5 nitrogen and oxygen atoms in total. The lowest BCUT2D eigenvalue weighted by Gasteiger charge is -2.33. The van der Waals surface area contributed by atoms with E-state index in [4.69, 9.17) is 4.74 Å². The molecule has 3 aromatic carbocycles. The first-order chi connectivity index (χ1) is 16.0. The van der Waals surface area contributed by atoms with Crippen LogP contribution in [0.15, 0.2) is 66.7 Å². The van der Waals surface area contributed by atoms with Gasteiger partial charge in [-0.2, -0.15) is 0 Å². The van der Waals surface area contributed by atoms with Crippen molar-refractivity contribution in [3.8, 4) is 5.75 Å². The Morgan fingerprint density at radius 2 is 1.91 bits per heavy atom. The van der Waals surface area contributed by atoms with Gasteiger partial charge in [-0.3, -0.25) is 9.59 Å². The molecule has 1 spiro atoms. The quantitative estimate of drug-likeness (QED) is 0.566. The second-order valence-corrected chi connectivity index (χ2v) is 9.11. The van der Waals surface area contributed by atoms with Crippen molar-refractivity contribution in [3.63, 3.8) is 0 Å². The van der Waals surface area contributed by atoms with Crippen molar-refractivity contribution in [2.75, 3.05) is 24.3 Å². The minimum Gasteiger partial charge on any atom is -0.497 e. The molecule has 1 saturated heterocycles. The molecule has 1 unspecified atom stereocenters. The van der Waals surface area contributed by atoms with Crippen LogP contribution in [0.5, 0.6) is 5.75 Å². The molecule has 0 N–H and O–H groups in total. The van der Waals surface area contributed by atoms with Crippen LogP contribution in [0, 0.1) is 11.6 Å². The van der Waals surface area contributed by atoms with Gasteiger partial charge in [0.15, 0.2) is 4.87 Å². The van der Waals surface area contributed by atoms with Gasteiger partial charge < -0.3 is 14.5 Å². The fourth-order valence-corrected chi connectivity index (χ4v) is 5.90. The standard InChI is InChI=1S/C25H20F2N2O3S/c1-32-19-9-10-22-20(14-19)25(24(31)28(22)15-17-5-2-3-8-21(17)27)29(11-12-33-25)23(30)16-6-4-7-18(26)13-16/h2-10,13-14H,11-12,15H2,1H3. The summed E-state index contributed by atoms with van der Waals surface area (Å²) in [6, 6.07) is 17.0. The van der Waals surface area contributed by atoms with E-state index >= 15 is 0 Å². The van der Waals surface area contributed by atoms with E-state index in [-0.39, 0.29) is 18.0 Å². The zero-order chi connectivity index (χ0) is 23.2. The third-order valence-corrected chi connectivity index (χ3v) is 7.42. The van der Waals surface area contributed by atoms with Gasteiger partial charge in [-0.15, -0.1) is 11.8 Å². The number of hydrogen-bond donors (Lipinski definition) is 0. The van der Waals surface area contributed by atoms with E-state index in [0.717, 1.165) is 0 Å². The summed E-state index contributed by atoms with van der Waals surface area (Å²) >= 11 is 1.35. The number of benzene rings is 3. The van der Waals surface area contributed by atoms with E-state index in [1.165, 1.54) is 59.0 Å². The Morgan fingerprint density at radius 1 is 1.09 bits per heavy atom. The first-order valence-corrected chi connectivity index (χ1v) is 11.4. The van der Waals surface area contributed by atoms with Crippen molar-refractivity contribution >= 4 is 29.3 Å². The molecule has 0 aliphatic carbocycles. The maximum atomic E-state index is 14.4. The Hall–Kier alpha value is -3.39. The van der Waals surface area contributed by atoms with Gasteiger partial charge in [0.05, 0.1) is 19.3 Å². The number of carbonyl (C=O) groups excluding carboxylic acids is 2. The van der Waals surface area contributed by atoms with Gasteiger partial charge in [0.2, 0.25) is 0 Å². The van der Waals surface area contributed by atoms with E-state index in [1.807, 2.05) is 0 Å². The third kappa shape index (κ3) is 3.36. The normalized spacial score (nSPS) is 19.3. The second kappa shape index (κ2) is 8.19. The number of nitrogens with zero attached hydrogens (tertiary/aromatic N) is 2. The molecular formula is C25H20F2N2O3S. The first kappa shape index (κ1) is 21.5. The molecule has 0 aromatic heterocycles. The number of anilines is 1. The molecule has 168 valence electrons. The van der Waals surface area contributed by atoms with Crippen molar-refractivity contribution < 1.29 is 23.1 Å². The minimum atomic E-state index is -1.33. The lowest BCUT2D eigenvalue weighted by atomic mass is 10.0. The van der Waals surface area contributed by atoms with Gasteiger partial charge in [-0.1, -0.05) is 24.3 Å². The van der Waals surface area contributed by atoms with Crippen molar-refractivity contribution in [1.29, 1.82) is 0 Å². The number of methoxy groups -OCH3 is 1. The lowest BCUT2D eigenvalue weighted by Crippen LogP contribution is -2.50. The number of thioether (sulfide) groups is 1. The second-order valence-electron chi connectivity index (χ2n) is 7.83. The Balaban J connectivity index is 1.63. The topological polar surface area (TPSA) is 49.9 Å². The average molecular weight is 467 g/mol. The van der Waals surface area contributed by atoms with E-state index < -0.39 is 22.4 Å². The first-order valence-electron chi connectivity index (χ1n) is 10.4. The zero-order valence-corrected chi connectivity index (χ0v) is 18.6. The van der Waals surface area contributed by atoms with Crippen LogP contribution in [0.1, 0.15) is 21.5 Å². The molecule has 5 rings (SSSR count). The Bertz CT molecular complexity index is 1270. The van der Waals surface area contributed by atoms with Crippen LogP contribution >= 0.6 is 11.8 Å². The maximum Gasteiger partial charge on any atom is 0.268 e. The van der Waals surface area contributed by atoms with E-state index in [1.54, 1.807) is 36.4 Å². The summed E-state index contributed by atoms with van der Waals surface area (Å²) in [6.45, 7) is 0.338.